The fourth-order valence-corrected chi connectivity index (χ4v) is 2.66. The number of nitrogens with one attached hydrogen (secondary N) is 1. The van der Waals surface area contributed by atoms with Crippen molar-refractivity contribution in [1.82, 2.24) is 10.2 Å². The first-order chi connectivity index (χ1) is 11.8. The molecule has 6 nitrogen and oxygen atoms in total. The molecule has 134 valence electrons. The monoisotopic (exact) mass is 343 g/mol. The summed E-state index contributed by atoms with van der Waals surface area (Å²) < 4.78 is 5.38. The minimum atomic E-state index is -0.486. The van der Waals surface area contributed by atoms with Crippen LogP contribution in [0.25, 0.3) is 0 Å². The maximum absolute atomic E-state index is 12.2. The van der Waals surface area contributed by atoms with Crippen molar-refractivity contribution in [3.05, 3.63) is 35.4 Å². The lowest BCUT2D eigenvalue weighted by Gasteiger charge is -2.33. The molecule has 0 aliphatic carbocycles. The lowest BCUT2D eigenvalue weighted by molar-refractivity contribution is 0.0198. The second-order valence-electron chi connectivity index (χ2n) is 7.23. The molecule has 1 aliphatic heterocycles. The molecule has 0 atom stereocenters. The fraction of sp³-hybridized carbons (Fsp3) is 0.526. The van der Waals surface area contributed by atoms with Crippen LogP contribution in [0.2, 0.25) is 0 Å². The number of hydrogen-bond donors (Lipinski definition) is 1. The first-order valence-electron chi connectivity index (χ1n) is 8.53. The smallest absolute Gasteiger partial charge is 0.410 e. The molecule has 0 saturated carbocycles. The third-order valence-electron chi connectivity index (χ3n) is 4.03. The van der Waals surface area contributed by atoms with Crippen LogP contribution < -0.4 is 5.32 Å². The minimum absolute atomic E-state index is 0.000869. The Morgan fingerprint density at radius 1 is 1.24 bits per heavy atom. The van der Waals surface area contributed by atoms with Crippen molar-refractivity contribution in [3.63, 3.8) is 0 Å². The number of carbonyl (C=O) groups excluding carboxylic acids is 2. The predicted molar refractivity (Wildman–Crippen MR) is 94.3 cm³/mol. The van der Waals surface area contributed by atoms with Crippen LogP contribution in [-0.2, 0) is 4.74 Å². The van der Waals surface area contributed by atoms with Crippen molar-refractivity contribution in [1.29, 1.82) is 5.26 Å². The minimum Gasteiger partial charge on any atom is -0.444 e. The molecule has 0 radical (unpaired) electrons. The summed E-state index contributed by atoms with van der Waals surface area (Å²) in [5.41, 5.74) is 0.649. The molecule has 0 bridgehead atoms. The fourth-order valence-electron chi connectivity index (χ4n) is 2.66. The van der Waals surface area contributed by atoms with E-state index in [0.717, 1.165) is 12.8 Å². The molecule has 0 unspecified atom stereocenters. The van der Waals surface area contributed by atoms with Crippen molar-refractivity contribution in [3.8, 4) is 6.07 Å². The average Bonchev–Trinajstić information content (AvgIpc) is 2.58. The maximum atomic E-state index is 12.2. The Morgan fingerprint density at radius 3 is 2.36 bits per heavy atom. The Hall–Kier alpha value is -2.39. The van der Waals surface area contributed by atoms with Crippen LogP contribution in [0.5, 0.6) is 0 Å². The van der Waals surface area contributed by atoms with E-state index in [-0.39, 0.29) is 24.5 Å². The normalized spacial score (nSPS) is 15.5. The van der Waals surface area contributed by atoms with Crippen LogP contribution in [0.3, 0.4) is 0 Å². The van der Waals surface area contributed by atoms with E-state index in [0.29, 0.717) is 24.2 Å². The predicted octanol–water partition coefficient (Wildman–Crippen LogP) is 2.73. The number of ether oxygens (including phenoxy) is 1. The first kappa shape index (κ1) is 18.9. The van der Waals surface area contributed by atoms with Gasteiger partial charge in [0, 0.05) is 24.7 Å². The number of piperidine rings is 1. The lowest BCUT2D eigenvalue weighted by atomic mass is 10.0. The molecule has 1 amide bonds. The average molecular weight is 343 g/mol. The van der Waals surface area contributed by atoms with Gasteiger partial charge in [-0.1, -0.05) is 12.1 Å². The van der Waals surface area contributed by atoms with Gasteiger partial charge in [-0.3, -0.25) is 4.79 Å². The van der Waals surface area contributed by atoms with Gasteiger partial charge in [0.2, 0.25) is 0 Å². The molecule has 1 aliphatic rings. The van der Waals surface area contributed by atoms with Gasteiger partial charge in [0.15, 0.2) is 5.78 Å². The summed E-state index contributed by atoms with van der Waals surface area (Å²) in [5, 5.41) is 12.0. The zero-order chi connectivity index (χ0) is 18.4. The SMILES string of the molecule is CC(C)(C)OC(=O)N1CCC(NCC(=O)c2ccc(C#N)cc2)CC1. The number of ketones is 1. The molecule has 1 aromatic carbocycles. The molecule has 2 rings (SSSR count). The lowest BCUT2D eigenvalue weighted by Crippen LogP contribution is -2.47. The van der Waals surface area contributed by atoms with E-state index in [2.05, 4.69) is 5.32 Å². The summed E-state index contributed by atoms with van der Waals surface area (Å²) in [6.45, 7) is 7.06. The van der Waals surface area contributed by atoms with E-state index in [1.165, 1.54) is 0 Å². The van der Waals surface area contributed by atoms with Crippen LogP contribution >= 0.6 is 0 Å². The number of benzene rings is 1. The number of amides is 1. The van der Waals surface area contributed by atoms with Crippen LogP contribution in [0, 0.1) is 11.3 Å². The number of nitrogens with zero attached hydrogens (tertiary/aromatic N) is 2. The third kappa shape index (κ3) is 5.87. The van der Waals surface area contributed by atoms with E-state index in [9.17, 15) is 9.59 Å². The highest BCUT2D eigenvalue weighted by Crippen LogP contribution is 2.15. The van der Waals surface area contributed by atoms with E-state index in [1.54, 1.807) is 29.2 Å². The van der Waals surface area contributed by atoms with Gasteiger partial charge < -0.3 is 15.0 Å². The van der Waals surface area contributed by atoms with E-state index < -0.39 is 5.60 Å². The number of nitriles is 1. The Kier molecular flexibility index (Phi) is 6.16. The van der Waals surface area contributed by atoms with E-state index in [1.807, 2.05) is 26.8 Å². The van der Waals surface area contributed by atoms with Gasteiger partial charge in [0.25, 0.3) is 0 Å². The van der Waals surface area contributed by atoms with Gasteiger partial charge in [-0.25, -0.2) is 4.79 Å². The number of rotatable bonds is 4. The highest BCUT2D eigenvalue weighted by molar-refractivity contribution is 5.97. The van der Waals surface area contributed by atoms with Crippen LogP contribution in [0.15, 0.2) is 24.3 Å². The summed E-state index contributed by atoms with van der Waals surface area (Å²) in [5.74, 6) is -0.000869. The van der Waals surface area contributed by atoms with Crippen molar-refractivity contribution >= 4 is 11.9 Å². The summed E-state index contributed by atoms with van der Waals surface area (Å²) >= 11 is 0. The van der Waals surface area contributed by atoms with E-state index >= 15 is 0 Å². The van der Waals surface area contributed by atoms with Crippen LogP contribution in [0.4, 0.5) is 4.79 Å². The van der Waals surface area contributed by atoms with Gasteiger partial charge in [-0.05, 0) is 45.7 Å². The maximum Gasteiger partial charge on any atom is 0.410 e. The molecular weight excluding hydrogens is 318 g/mol. The standard InChI is InChI=1S/C19H25N3O3/c1-19(2,3)25-18(24)22-10-8-16(9-11-22)21-13-17(23)15-6-4-14(12-20)5-7-15/h4-7,16,21H,8-11,13H2,1-3H3. The second-order valence-corrected chi connectivity index (χ2v) is 7.23. The van der Waals surface area contributed by atoms with Gasteiger partial charge in [-0.15, -0.1) is 0 Å². The molecular formula is C19H25N3O3. The van der Waals surface area contributed by atoms with Gasteiger partial charge in [-0.2, -0.15) is 5.26 Å². The van der Waals surface area contributed by atoms with Gasteiger partial charge in [0.05, 0.1) is 18.2 Å². The van der Waals surface area contributed by atoms with E-state index in [4.69, 9.17) is 10.00 Å². The largest absolute Gasteiger partial charge is 0.444 e. The summed E-state index contributed by atoms with van der Waals surface area (Å²) in [6.07, 6.45) is 1.30. The Balaban J connectivity index is 1.75. The number of likely N-dealkylation sites (tertiary alicyclic amines) is 1. The molecule has 6 heteroatoms. The number of Topliss-reactive ketones (excluding diaryl/α,β-unsaturated/α-hetero) is 1. The Bertz CT molecular complexity index is 648. The Labute approximate surface area is 148 Å². The topological polar surface area (TPSA) is 82.4 Å². The quantitative estimate of drug-likeness (QED) is 0.850. The third-order valence-corrected chi connectivity index (χ3v) is 4.03. The van der Waals surface area contributed by atoms with Crippen molar-refractivity contribution in [2.45, 2.75) is 45.3 Å². The van der Waals surface area contributed by atoms with Crippen molar-refractivity contribution < 1.29 is 14.3 Å². The molecule has 0 spiro atoms. The van der Waals surface area contributed by atoms with Crippen molar-refractivity contribution in [2.75, 3.05) is 19.6 Å². The molecule has 0 aromatic heterocycles. The highest BCUT2D eigenvalue weighted by Gasteiger charge is 2.26. The highest BCUT2D eigenvalue weighted by atomic mass is 16.6. The zero-order valence-electron chi connectivity index (χ0n) is 15.0. The summed E-state index contributed by atoms with van der Waals surface area (Å²) in [6, 6.07) is 8.88. The molecule has 1 heterocycles. The van der Waals surface area contributed by atoms with Gasteiger partial charge in [0.1, 0.15) is 5.60 Å². The number of hydrogen-bond acceptors (Lipinski definition) is 5. The summed E-state index contributed by atoms with van der Waals surface area (Å²) in [7, 11) is 0. The van der Waals surface area contributed by atoms with Gasteiger partial charge >= 0.3 is 6.09 Å². The molecule has 1 aromatic rings. The van der Waals surface area contributed by atoms with Crippen LogP contribution in [-0.4, -0.2) is 48.1 Å². The van der Waals surface area contributed by atoms with Crippen LogP contribution in [0.1, 0.15) is 49.5 Å². The Morgan fingerprint density at radius 2 is 1.84 bits per heavy atom. The number of carbonyl (C=O) groups is 2. The zero-order valence-corrected chi connectivity index (χ0v) is 15.0. The molecule has 1 saturated heterocycles. The molecule has 1 fully saturated rings. The molecule has 25 heavy (non-hydrogen) atoms. The molecule has 1 N–H and O–H groups in total. The second kappa shape index (κ2) is 8.13. The summed E-state index contributed by atoms with van der Waals surface area (Å²) in [4.78, 5) is 25.9. The first-order valence-corrected chi connectivity index (χ1v) is 8.53. The van der Waals surface area contributed by atoms with Crippen molar-refractivity contribution in [2.24, 2.45) is 0 Å².